The van der Waals surface area contributed by atoms with E-state index in [0.717, 1.165) is 11.3 Å². The first-order valence-corrected chi connectivity index (χ1v) is 13.3. The summed E-state index contributed by atoms with van der Waals surface area (Å²) in [6.07, 6.45) is 2.45. The maximum atomic E-state index is 13.5. The molecule has 1 atom stereocenters. The number of amides is 1. The molecule has 0 aliphatic carbocycles. The van der Waals surface area contributed by atoms with E-state index in [1.165, 1.54) is 19.2 Å². The van der Waals surface area contributed by atoms with Crippen LogP contribution in [0.1, 0.15) is 27.0 Å². The third-order valence-corrected chi connectivity index (χ3v) is 6.94. The van der Waals surface area contributed by atoms with Crippen molar-refractivity contribution in [1.82, 2.24) is 0 Å². The highest BCUT2D eigenvalue weighted by atomic mass is 79.9. The van der Waals surface area contributed by atoms with Gasteiger partial charge in [0.05, 0.1) is 24.4 Å². The summed E-state index contributed by atoms with van der Waals surface area (Å²) >= 11 is 3.30. The van der Waals surface area contributed by atoms with Crippen LogP contribution in [0.5, 0.6) is 17.2 Å². The summed E-state index contributed by atoms with van der Waals surface area (Å²) in [5.41, 5.74) is 4.00. The highest BCUT2D eigenvalue weighted by molar-refractivity contribution is 9.08. The van der Waals surface area contributed by atoms with Gasteiger partial charge in [-0.25, -0.2) is 0 Å². The molecule has 0 aromatic heterocycles. The van der Waals surface area contributed by atoms with Crippen LogP contribution in [0.4, 0.5) is 15.3 Å². The molecule has 3 aromatic carbocycles. The Labute approximate surface area is 215 Å². The molecule has 8 nitrogen and oxygen atoms in total. The summed E-state index contributed by atoms with van der Waals surface area (Å²) in [7, 11) is -3.70. The van der Waals surface area contributed by atoms with Gasteiger partial charge in [-0.3, -0.25) is 14.7 Å². The second-order valence-corrected chi connectivity index (χ2v) is 9.77. The second-order valence-electron chi connectivity index (χ2n) is 8.26. The third-order valence-electron chi connectivity index (χ3n) is 5.90. The maximum Gasteiger partial charge on any atom is 0.488 e. The number of carbonyl (C=O) groups is 1. The van der Waals surface area contributed by atoms with Gasteiger partial charge in [0, 0.05) is 29.7 Å². The standard InChI is InChI=1S/C25H20BrFN2O6S/c1-33-23-10-20-21(28-13-18-9-17-4-2-3-5-22(17)29(18)25(20)30)11-24(23)34-14-16-6-15(12-26)7-19(8-16)35-36(27,31)32/h2-8,10-11,13,18H,9,12,14H2,1H3/t18-/m0/s1. The predicted octanol–water partition coefficient (Wildman–Crippen LogP) is 5.05. The molecule has 1 amide bonds. The van der Waals surface area contributed by atoms with Gasteiger partial charge in [0.2, 0.25) is 0 Å². The molecule has 2 aliphatic rings. The number of rotatable bonds is 7. The number of hydrogen-bond acceptors (Lipinski definition) is 7. The largest absolute Gasteiger partial charge is 0.493 e. The fraction of sp³-hybridized carbons (Fsp3) is 0.200. The van der Waals surface area contributed by atoms with Crippen LogP contribution in [0, 0.1) is 0 Å². The molecule has 186 valence electrons. The SMILES string of the molecule is COc1cc2c(cc1OCc1cc(CBr)cc(OS(=O)(=O)F)c1)N=C[C@@H]1Cc3ccccc3N1C2=O. The van der Waals surface area contributed by atoms with Gasteiger partial charge in [0.15, 0.2) is 11.5 Å². The van der Waals surface area contributed by atoms with Gasteiger partial charge in [-0.05, 0) is 41.0 Å². The van der Waals surface area contributed by atoms with E-state index in [1.807, 2.05) is 24.3 Å². The summed E-state index contributed by atoms with van der Waals surface area (Å²) in [5.74, 6) is 0.329. The average molecular weight is 575 g/mol. The van der Waals surface area contributed by atoms with Crippen LogP contribution >= 0.6 is 15.9 Å². The summed E-state index contributed by atoms with van der Waals surface area (Å²) in [5, 5.41) is 0.392. The first-order valence-electron chi connectivity index (χ1n) is 10.9. The van der Waals surface area contributed by atoms with Gasteiger partial charge in [0.1, 0.15) is 12.4 Å². The van der Waals surface area contributed by atoms with E-state index in [2.05, 4.69) is 25.1 Å². The lowest BCUT2D eigenvalue weighted by molar-refractivity contribution is 0.0986. The Bertz CT molecular complexity index is 1490. The fourth-order valence-corrected chi connectivity index (χ4v) is 5.05. The number of anilines is 1. The van der Waals surface area contributed by atoms with Crippen molar-refractivity contribution in [2.45, 2.75) is 24.4 Å². The van der Waals surface area contributed by atoms with Crippen LogP contribution in [0.2, 0.25) is 0 Å². The topological polar surface area (TPSA) is 94.5 Å². The summed E-state index contributed by atoms with van der Waals surface area (Å²) in [6.45, 7) is -0.00152. The van der Waals surface area contributed by atoms with Crippen molar-refractivity contribution < 1.29 is 30.8 Å². The van der Waals surface area contributed by atoms with Crippen molar-refractivity contribution >= 4 is 49.9 Å². The lowest BCUT2D eigenvalue weighted by Gasteiger charge is -2.22. The molecule has 3 aromatic rings. The summed E-state index contributed by atoms with van der Waals surface area (Å²) in [6, 6.07) is 15.4. The molecule has 2 aliphatic heterocycles. The number of carbonyl (C=O) groups excluding carboxylic acids is 1. The van der Waals surface area contributed by atoms with Crippen molar-refractivity contribution in [1.29, 1.82) is 0 Å². The van der Waals surface area contributed by atoms with E-state index >= 15 is 0 Å². The number of hydrogen-bond donors (Lipinski definition) is 0. The highest BCUT2D eigenvalue weighted by Crippen LogP contribution is 2.41. The molecule has 0 unspecified atom stereocenters. The number of aliphatic imine (C=N–C) groups is 1. The minimum Gasteiger partial charge on any atom is -0.493 e. The zero-order valence-corrected chi connectivity index (χ0v) is 21.4. The second kappa shape index (κ2) is 9.55. The molecule has 11 heteroatoms. The van der Waals surface area contributed by atoms with Crippen molar-refractivity contribution in [3.8, 4) is 17.2 Å². The number of halogens is 2. The van der Waals surface area contributed by atoms with E-state index in [1.54, 1.807) is 29.3 Å². The Balaban J connectivity index is 1.44. The zero-order valence-electron chi connectivity index (χ0n) is 19.0. The van der Waals surface area contributed by atoms with Gasteiger partial charge in [0.25, 0.3) is 5.91 Å². The lowest BCUT2D eigenvalue weighted by Crippen LogP contribution is -2.37. The van der Waals surface area contributed by atoms with Crippen LogP contribution in [0.25, 0.3) is 0 Å². The fourth-order valence-electron chi connectivity index (χ4n) is 4.40. The Morgan fingerprint density at radius 3 is 2.64 bits per heavy atom. The normalized spacial score (nSPS) is 16.1. The van der Waals surface area contributed by atoms with Crippen molar-refractivity contribution in [2.75, 3.05) is 12.0 Å². The first-order chi connectivity index (χ1) is 17.3. The number of fused-ring (bicyclic) bond motifs is 4. The van der Waals surface area contributed by atoms with Crippen LogP contribution in [-0.4, -0.2) is 33.7 Å². The van der Waals surface area contributed by atoms with Crippen LogP contribution < -0.4 is 18.6 Å². The zero-order chi connectivity index (χ0) is 25.4. The molecule has 0 fully saturated rings. The predicted molar refractivity (Wildman–Crippen MR) is 136 cm³/mol. The number of para-hydroxylation sites is 1. The van der Waals surface area contributed by atoms with E-state index in [9.17, 15) is 17.1 Å². The monoisotopic (exact) mass is 574 g/mol. The lowest BCUT2D eigenvalue weighted by atomic mass is 10.1. The minimum absolute atomic E-state index is 0.00152. The van der Waals surface area contributed by atoms with Crippen LogP contribution in [0.3, 0.4) is 0 Å². The van der Waals surface area contributed by atoms with Crippen molar-refractivity contribution in [3.05, 3.63) is 76.9 Å². The number of methoxy groups -OCH3 is 1. The van der Waals surface area contributed by atoms with Gasteiger partial charge in [-0.15, -0.1) is 0 Å². The quantitative estimate of drug-likeness (QED) is 0.289. The summed E-state index contributed by atoms with van der Waals surface area (Å²) in [4.78, 5) is 19.8. The van der Waals surface area contributed by atoms with E-state index in [0.29, 0.717) is 45.6 Å². The molecule has 0 spiro atoms. The number of benzene rings is 3. The first kappa shape index (κ1) is 24.3. The van der Waals surface area contributed by atoms with Gasteiger partial charge in [-0.1, -0.05) is 44.1 Å². The highest BCUT2D eigenvalue weighted by Gasteiger charge is 2.36. The molecule has 2 heterocycles. The molecule has 0 saturated heterocycles. The van der Waals surface area contributed by atoms with Gasteiger partial charge < -0.3 is 13.7 Å². The summed E-state index contributed by atoms with van der Waals surface area (Å²) < 4.78 is 50.7. The molecule has 0 N–H and O–H groups in total. The number of nitrogens with zero attached hydrogens (tertiary/aromatic N) is 2. The average Bonchev–Trinajstić information content (AvgIpc) is 3.16. The molecular formula is C25H20BrFN2O6S. The number of ether oxygens (including phenoxy) is 2. The molecule has 5 rings (SSSR count). The van der Waals surface area contributed by atoms with Crippen LogP contribution in [-0.2, 0) is 28.9 Å². The Hall–Kier alpha value is -3.44. The van der Waals surface area contributed by atoms with E-state index in [-0.39, 0.29) is 24.3 Å². The molecule has 36 heavy (non-hydrogen) atoms. The smallest absolute Gasteiger partial charge is 0.488 e. The molecular weight excluding hydrogens is 555 g/mol. The molecule has 0 bridgehead atoms. The Morgan fingerprint density at radius 2 is 1.89 bits per heavy atom. The van der Waals surface area contributed by atoms with E-state index < -0.39 is 10.5 Å². The van der Waals surface area contributed by atoms with Crippen LogP contribution in [0.15, 0.2) is 59.6 Å². The maximum absolute atomic E-state index is 13.5. The minimum atomic E-state index is -5.17. The van der Waals surface area contributed by atoms with E-state index in [4.69, 9.17) is 9.47 Å². The van der Waals surface area contributed by atoms with Crippen molar-refractivity contribution in [2.24, 2.45) is 4.99 Å². The molecule has 0 radical (unpaired) electrons. The number of alkyl halides is 1. The van der Waals surface area contributed by atoms with Gasteiger partial charge in [-0.2, -0.15) is 8.42 Å². The Kier molecular flexibility index (Phi) is 6.44. The van der Waals surface area contributed by atoms with Gasteiger partial charge >= 0.3 is 10.5 Å². The van der Waals surface area contributed by atoms with Crippen molar-refractivity contribution in [3.63, 3.8) is 0 Å². The third kappa shape index (κ3) is 4.80. The Morgan fingerprint density at radius 1 is 1.11 bits per heavy atom. The molecule has 0 saturated carbocycles.